The minimum absolute atomic E-state index is 0.0990. The molecule has 2 amide bonds. The maximum Gasteiger partial charge on any atom is 0.418 e. The normalized spacial score (nSPS) is 11.6. The van der Waals surface area contributed by atoms with Crippen molar-refractivity contribution in [1.29, 1.82) is 0 Å². The summed E-state index contributed by atoms with van der Waals surface area (Å²) >= 11 is 0. The molecule has 0 aliphatic rings. The summed E-state index contributed by atoms with van der Waals surface area (Å²) in [5.41, 5.74) is -2.87. The van der Waals surface area contributed by atoms with Gasteiger partial charge in [-0.25, -0.2) is 9.59 Å². The number of carbonyl (C=O) groups excluding carboxylic acids is 2. The highest BCUT2D eigenvalue weighted by Gasteiger charge is 2.37. The number of hydrogen-bond acceptors (Lipinski definition) is 4. The molecule has 0 aliphatic carbocycles. The van der Waals surface area contributed by atoms with Crippen LogP contribution in [0.5, 0.6) is 0 Å². The van der Waals surface area contributed by atoms with Gasteiger partial charge in [0.05, 0.1) is 36.0 Å². The largest absolute Gasteiger partial charge is 0.465 e. The van der Waals surface area contributed by atoms with Gasteiger partial charge in [-0.15, -0.1) is 0 Å². The lowest BCUT2D eigenvalue weighted by molar-refractivity contribution is -0.138. The zero-order chi connectivity index (χ0) is 25.8. The fourth-order valence-electron chi connectivity index (χ4n) is 3.22. The molecule has 3 aromatic rings. The lowest BCUT2D eigenvalue weighted by Crippen LogP contribution is -2.30. The van der Waals surface area contributed by atoms with Crippen molar-refractivity contribution in [2.75, 3.05) is 12.4 Å². The van der Waals surface area contributed by atoms with E-state index in [1.54, 1.807) is 0 Å². The summed E-state index contributed by atoms with van der Waals surface area (Å²) in [4.78, 5) is 27.5. The molecule has 12 heteroatoms. The molecule has 2 aromatic carbocycles. The smallest absolute Gasteiger partial charge is 0.418 e. The Labute approximate surface area is 194 Å². The van der Waals surface area contributed by atoms with E-state index in [4.69, 9.17) is 0 Å². The molecule has 1 heterocycles. The van der Waals surface area contributed by atoms with Gasteiger partial charge >= 0.3 is 24.4 Å². The lowest BCUT2D eigenvalue weighted by atomic mass is 9.97. The van der Waals surface area contributed by atoms with Crippen LogP contribution in [-0.4, -0.2) is 24.1 Å². The van der Waals surface area contributed by atoms with Gasteiger partial charge < -0.3 is 15.4 Å². The molecule has 35 heavy (non-hydrogen) atoms. The molecular weight excluding hydrogens is 480 g/mol. The standard InChI is InChI=1S/C23H17F6N3O3/c1-35-20(33)14-3-2-4-16(11-14)32-21(34)31-12-18-19(23(27,28)29)17(9-10-30-18)13-5-7-15(8-6-13)22(24,25)26/h2-11H,12H2,1H3,(H2,31,32,34). The molecule has 2 N–H and O–H groups in total. The van der Waals surface area contributed by atoms with Crippen LogP contribution in [0, 0.1) is 0 Å². The van der Waals surface area contributed by atoms with E-state index < -0.39 is 47.7 Å². The van der Waals surface area contributed by atoms with Crippen LogP contribution in [0.2, 0.25) is 0 Å². The molecule has 0 bridgehead atoms. The highest BCUT2D eigenvalue weighted by molar-refractivity contribution is 5.93. The van der Waals surface area contributed by atoms with Crippen molar-refractivity contribution in [2.45, 2.75) is 18.9 Å². The van der Waals surface area contributed by atoms with E-state index in [1.807, 2.05) is 0 Å². The van der Waals surface area contributed by atoms with Crippen LogP contribution in [-0.2, 0) is 23.6 Å². The topological polar surface area (TPSA) is 80.3 Å². The van der Waals surface area contributed by atoms with Gasteiger partial charge in [0, 0.05) is 11.9 Å². The molecule has 0 spiro atoms. The number of hydrogen-bond donors (Lipinski definition) is 2. The Hall–Kier alpha value is -4.09. The maximum absolute atomic E-state index is 13.9. The Morgan fingerprint density at radius 2 is 1.63 bits per heavy atom. The molecule has 1 aromatic heterocycles. The predicted molar refractivity (Wildman–Crippen MR) is 113 cm³/mol. The second-order valence-electron chi connectivity index (χ2n) is 7.13. The first kappa shape index (κ1) is 25.5. The van der Waals surface area contributed by atoms with Crippen molar-refractivity contribution < 1.29 is 40.7 Å². The SMILES string of the molecule is COC(=O)c1cccc(NC(=O)NCc2nccc(-c3ccc(C(F)(F)F)cc3)c2C(F)(F)F)c1. The van der Waals surface area contributed by atoms with E-state index in [9.17, 15) is 35.9 Å². The van der Waals surface area contributed by atoms with E-state index in [-0.39, 0.29) is 22.4 Å². The van der Waals surface area contributed by atoms with Crippen LogP contribution in [0.1, 0.15) is 27.2 Å². The van der Waals surface area contributed by atoms with Gasteiger partial charge in [-0.2, -0.15) is 26.3 Å². The van der Waals surface area contributed by atoms with E-state index in [1.165, 1.54) is 31.4 Å². The number of benzene rings is 2. The number of ether oxygens (including phenoxy) is 1. The number of esters is 1. The lowest BCUT2D eigenvalue weighted by Gasteiger charge is -2.18. The highest BCUT2D eigenvalue weighted by Crippen LogP contribution is 2.39. The molecule has 0 saturated heterocycles. The average molecular weight is 497 g/mol. The van der Waals surface area contributed by atoms with Crippen molar-refractivity contribution in [1.82, 2.24) is 10.3 Å². The molecule has 6 nitrogen and oxygen atoms in total. The van der Waals surface area contributed by atoms with Crippen LogP contribution in [0.3, 0.4) is 0 Å². The molecular formula is C23H17F6N3O3. The number of halogens is 6. The van der Waals surface area contributed by atoms with E-state index in [2.05, 4.69) is 20.4 Å². The summed E-state index contributed by atoms with van der Waals surface area (Å²) in [5.74, 6) is -0.645. The monoisotopic (exact) mass is 497 g/mol. The van der Waals surface area contributed by atoms with Gasteiger partial charge in [0.15, 0.2) is 0 Å². The van der Waals surface area contributed by atoms with Crippen molar-refractivity contribution in [3.8, 4) is 11.1 Å². The Bertz CT molecular complexity index is 1220. The molecule has 0 radical (unpaired) electrons. The number of rotatable bonds is 5. The van der Waals surface area contributed by atoms with Gasteiger partial charge in [0.2, 0.25) is 0 Å². The third-order valence-corrected chi connectivity index (χ3v) is 4.79. The predicted octanol–water partition coefficient (Wildman–Crippen LogP) is 5.89. The number of alkyl halides is 6. The fourth-order valence-corrected chi connectivity index (χ4v) is 3.22. The zero-order valence-electron chi connectivity index (χ0n) is 17.9. The molecule has 0 aliphatic heterocycles. The van der Waals surface area contributed by atoms with Crippen LogP contribution >= 0.6 is 0 Å². The van der Waals surface area contributed by atoms with Crippen LogP contribution < -0.4 is 10.6 Å². The first-order chi connectivity index (χ1) is 16.4. The third kappa shape index (κ3) is 6.28. The number of carbonyl (C=O) groups is 2. The van der Waals surface area contributed by atoms with E-state index in [0.29, 0.717) is 12.1 Å². The minimum Gasteiger partial charge on any atom is -0.465 e. The van der Waals surface area contributed by atoms with E-state index >= 15 is 0 Å². The Kier molecular flexibility index (Phi) is 7.32. The van der Waals surface area contributed by atoms with Crippen molar-refractivity contribution >= 4 is 17.7 Å². The van der Waals surface area contributed by atoms with Crippen LogP contribution in [0.4, 0.5) is 36.8 Å². The van der Waals surface area contributed by atoms with Crippen LogP contribution in [0.25, 0.3) is 11.1 Å². The van der Waals surface area contributed by atoms with Gasteiger partial charge in [-0.1, -0.05) is 18.2 Å². The van der Waals surface area contributed by atoms with Gasteiger partial charge in [-0.05, 0) is 47.5 Å². The Morgan fingerprint density at radius 1 is 0.943 bits per heavy atom. The summed E-state index contributed by atoms with van der Waals surface area (Å²) in [5, 5.41) is 4.64. The maximum atomic E-state index is 13.9. The van der Waals surface area contributed by atoms with Gasteiger partial charge in [-0.3, -0.25) is 4.98 Å². The number of aromatic nitrogens is 1. The number of anilines is 1. The molecule has 0 fully saturated rings. The number of amides is 2. The molecule has 0 saturated carbocycles. The summed E-state index contributed by atoms with van der Waals surface area (Å²) in [6, 6.07) is 9.09. The van der Waals surface area contributed by atoms with Gasteiger partial charge in [0.25, 0.3) is 0 Å². The Balaban J connectivity index is 1.83. The summed E-state index contributed by atoms with van der Waals surface area (Å²) < 4.78 is 84.7. The van der Waals surface area contributed by atoms with Crippen LogP contribution in [0.15, 0.2) is 60.8 Å². The van der Waals surface area contributed by atoms with E-state index in [0.717, 1.165) is 24.4 Å². The second-order valence-corrected chi connectivity index (χ2v) is 7.13. The number of methoxy groups -OCH3 is 1. The van der Waals surface area contributed by atoms with Gasteiger partial charge in [0.1, 0.15) is 0 Å². The molecule has 0 atom stereocenters. The van der Waals surface area contributed by atoms with Crippen molar-refractivity contribution in [2.24, 2.45) is 0 Å². The fraction of sp³-hybridized carbons (Fsp3) is 0.174. The average Bonchev–Trinajstić information content (AvgIpc) is 2.81. The number of nitrogens with one attached hydrogen (secondary N) is 2. The molecule has 184 valence electrons. The van der Waals surface area contributed by atoms with Crippen molar-refractivity contribution in [3.63, 3.8) is 0 Å². The summed E-state index contributed by atoms with van der Waals surface area (Å²) in [7, 11) is 1.18. The minimum atomic E-state index is -4.91. The summed E-state index contributed by atoms with van der Waals surface area (Å²) in [6.45, 7) is -0.633. The third-order valence-electron chi connectivity index (χ3n) is 4.79. The Morgan fingerprint density at radius 3 is 2.23 bits per heavy atom. The molecule has 3 rings (SSSR count). The second kappa shape index (κ2) is 10.0. The number of nitrogens with zero attached hydrogens (tertiary/aromatic N) is 1. The first-order valence-corrected chi connectivity index (χ1v) is 9.86. The number of urea groups is 1. The molecule has 0 unspecified atom stereocenters. The number of pyridine rings is 1. The van der Waals surface area contributed by atoms with Crippen molar-refractivity contribution in [3.05, 3.63) is 83.2 Å². The highest BCUT2D eigenvalue weighted by atomic mass is 19.4. The summed E-state index contributed by atoms with van der Waals surface area (Å²) in [6.07, 6.45) is -8.48. The first-order valence-electron chi connectivity index (χ1n) is 9.86. The quantitative estimate of drug-likeness (QED) is 0.340. The zero-order valence-corrected chi connectivity index (χ0v) is 17.9.